The number of ether oxygens (including phenoxy) is 2. The number of esters is 1. The van der Waals surface area contributed by atoms with Gasteiger partial charge in [0.1, 0.15) is 6.10 Å². The number of rotatable bonds is 48. The Morgan fingerprint density at radius 2 is 0.862 bits per heavy atom. The van der Waals surface area contributed by atoms with Crippen molar-refractivity contribution in [2.24, 2.45) is 5.73 Å². The zero-order valence-electron chi connectivity index (χ0n) is 38.3. The zero-order chi connectivity index (χ0) is 42.3. The van der Waals surface area contributed by atoms with Crippen molar-refractivity contribution < 1.29 is 32.8 Å². The average Bonchev–Trinajstić information content (AvgIpc) is 3.21. The number of phosphoric acid groups is 1. The van der Waals surface area contributed by atoms with Crippen LogP contribution in [0, 0.1) is 0 Å². The first-order valence-corrected chi connectivity index (χ1v) is 26.3. The molecule has 0 aromatic heterocycles. The van der Waals surface area contributed by atoms with Crippen molar-refractivity contribution in [2.45, 2.75) is 251 Å². The molecule has 0 saturated carbocycles. The Bertz CT molecular complexity index is 946. The van der Waals surface area contributed by atoms with Crippen LogP contribution in [0.15, 0.2) is 24.3 Å². The summed E-state index contributed by atoms with van der Waals surface area (Å²) in [7, 11) is -4.28. The Morgan fingerprint density at radius 3 is 1.28 bits per heavy atom. The van der Waals surface area contributed by atoms with Crippen molar-refractivity contribution in [1.29, 1.82) is 0 Å². The van der Waals surface area contributed by atoms with Gasteiger partial charge in [0.05, 0.1) is 19.8 Å². The minimum atomic E-state index is -4.28. The molecular weight excluding hydrogens is 746 g/mol. The normalized spacial score (nSPS) is 13.5. The molecule has 8 nitrogen and oxygen atoms in total. The van der Waals surface area contributed by atoms with Gasteiger partial charge in [-0.15, -0.1) is 0 Å². The number of unbranched alkanes of at least 4 members (excludes halogenated alkanes) is 31. The van der Waals surface area contributed by atoms with E-state index in [9.17, 15) is 14.3 Å². The minimum absolute atomic E-state index is 0.0948. The number of hydrogen-bond donors (Lipinski definition) is 2. The van der Waals surface area contributed by atoms with Gasteiger partial charge in [-0.25, -0.2) is 4.57 Å². The van der Waals surface area contributed by atoms with Crippen molar-refractivity contribution in [3.05, 3.63) is 24.3 Å². The standard InChI is InChI=1S/C49H96NO7P/c1-3-5-7-9-11-13-15-17-19-20-21-22-23-24-25-26-27-28-29-30-32-34-36-38-40-42-49(51)57-48(47-56-58(52,53)55-45-43-50)46-54-44-41-39-37-35-33-31-18-16-14-12-10-8-6-4-2/h14,16,20-21,48H,3-13,15,17-19,22-47,50H2,1-2H3,(H,52,53)/b16-14-,21-20-. The van der Waals surface area contributed by atoms with Gasteiger partial charge < -0.3 is 20.1 Å². The van der Waals surface area contributed by atoms with E-state index < -0.39 is 13.9 Å². The molecule has 0 heterocycles. The quantitative estimate of drug-likeness (QED) is 0.0269. The van der Waals surface area contributed by atoms with Crippen LogP contribution >= 0.6 is 7.82 Å². The third-order valence-corrected chi connectivity index (χ3v) is 11.8. The number of phosphoric ester groups is 1. The van der Waals surface area contributed by atoms with Gasteiger partial charge in [0.2, 0.25) is 0 Å². The van der Waals surface area contributed by atoms with E-state index in [0.29, 0.717) is 13.0 Å². The first-order chi connectivity index (χ1) is 28.4. The van der Waals surface area contributed by atoms with Crippen molar-refractivity contribution in [3.63, 3.8) is 0 Å². The molecule has 0 aromatic carbocycles. The van der Waals surface area contributed by atoms with Crippen LogP contribution in [0.1, 0.15) is 245 Å². The molecule has 0 rings (SSSR count). The second-order valence-electron chi connectivity index (χ2n) is 16.7. The topological polar surface area (TPSA) is 117 Å². The molecule has 0 radical (unpaired) electrons. The molecule has 0 aromatic rings. The maximum atomic E-state index is 12.6. The number of carbonyl (C=O) groups excluding carboxylic acids is 1. The molecule has 0 amide bonds. The molecule has 58 heavy (non-hydrogen) atoms. The van der Waals surface area contributed by atoms with E-state index >= 15 is 0 Å². The van der Waals surface area contributed by atoms with E-state index in [-0.39, 0.29) is 32.3 Å². The highest BCUT2D eigenvalue weighted by molar-refractivity contribution is 7.47. The van der Waals surface area contributed by atoms with Crippen LogP contribution in [0.4, 0.5) is 0 Å². The zero-order valence-corrected chi connectivity index (χ0v) is 39.2. The van der Waals surface area contributed by atoms with Crippen LogP contribution in [0.25, 0.3) is 0 Å². The van der Waals surface area contributed by atoms with Crippen LogP contribution in [0.3, 0.4) is 0 Å². The molecule has 2 atom stereocenters. The number of hydrogen-bond acceptors (Lipinski definition) is 7. The fourth-order valence-corrected chi connectivity index (χ4v) is 7.93. The highest BCUT2D eigenvalue weighted by Crippen LogP contribution is 2.43. The highest BCUT2D eigenvalue weighted by atomic mass is 31.2. The largest absolute Gasteiger partial charge is 0.472 e. The lowest BCUT2D eigenvalue weighted by molar-refractivity contribution is -0.154. The summed E-state index contributed by atoms with van der Waals surface area (Å²) < 4.78 is 33.5. The van der Waals surface area contributed by atoms with Crippen LogP contribution in [0.2, 0.25) is 0 Å². The smallest absolute Gasteiger partial charge is 0.457 e. The van der Waals surface area contributed by atoms with Crippen LogP contribution in [0.5, 0.6) is 0 Å². The van der Waals surface area contributed by atoms with Gasteiger partial charge in [-0.05, 0) is 64.2 Å². The van der Waals surface area contributed by atoms with Gasteiger partial charge >= 0.3 is 13.8 Å². The number of allylic oxidation sites excluding steroid dienone is 4. The third kappa shape index (κ3) is 46.1. The molecule has 3 N–H and O–H groups in total. The lowest BCUT2D eigenvalue weighted by Gasteiger charge is -2.20. The molecule has 0 fully saturated rings. The Morgan fingerprint density at radius 1 is 0.500 bits per heavy atom. The van der Waals surface area contributed by atoms with Crippen LogP contribution in [-0.4, -0.2) is 49.9 Å². The van der Waals surface area contributed by atoms with Crippen molar-refractivity contribution in [3.8, 4) is 0 Å². The van der Waals surface area contributed by atoms with Crippen molar-refractivity contribution >= 4 is 13.8 Å². The molecule has 344 valence electrons. The van der Waals surface area contributed by atoms with Crippen LogP contribution in [-0.2, 0) is 27.9 Å². The van der Waals surface area contributed by atoms with E-state index in [4.69, 9.17) is 24.3 Å². The fraction of sp³-hybridized carbons (Fsp3) is 0.898. The molecule has 9 heteroatoms. The maximum absolute atomic E-state index is 12.6. The summed E-state index contributed by atoms with van der Waals surface area (Å²) in [5.74, 6) is -0.329. The van der Waals surface area contributed by atoms with Crippen LogP contribution < -0.4 is 5.73 Å². The molecule has 0 aliphatic carbocycles. The van der Waals surface area contributed by atoms with E-state index in [2.05, 4.69) is 38.2 Å². The average molecular weight is 842 g/mol. The summed E-state index contributed by atoms with van der Waals surface area (Å²) in [6.07, 6.45) is 53.5. The van der Waals surface area contributed by atoms with E-state index in [0.717, 1.165) is 32.1 Å². The first kappa shape index (κ1) is 57.0. The second kappa shape index (κ2) is 47.0. The Hall–Kier alpha value is -1.02. The molecule has 2 unspecified atom stereocenters. The van der Waals surface area contributed by atoms with Gasteiger partial charge in [-0.2, -0.15) is 0 Å². The van der Waals surface area contributed by atoms with Gasteiger partial charge in [0, 0.05) is 19.6 Å². The summed E-state index contributed by atoms with van der Waals surface area (Å²) in [4.78, 5) is 22.5. The summed E-state index contributed by atoms with van der Waals surface area (Å²) in [6.45, 7) is 4.93. The third-order valence-electron chi connectivity index (χ3n) is 10.8. The summed E-state index contributed by atoms with van der Waals surface area (Å²) in [5.41, 5.74) is 5.38. The number of nitrogens with two attached hydrogens (primary N) is 1. The molecular formula is C49H96NO7P. The SMILES string of the molecule is CCCCCC/C=C\CCCCCCCCOCC(COP(=O)(O)OCCN)OC(=O)CCCCCCCCCCCCCCC/C=C\CCCCCCCCCC. The maximum Gasteiger partial charge on any atom is 0.472 e. The van der Waals surface area contributed by atoms with E-state index in [1.54, 1.807) is 0 Å². The van der Waals surface area contributed by atoms with Gasteiger partial charge in [-0.3, -0.25) is 13.8 Å². The van der Waals surface area contributed by atoms with Gasteiger partial charge in [0.15, 0.2) is 0 Å². The van der Waals surface area contributed by atoms with Crippen molar-refractivity contribution in [1.82, 2.24) is 0 Å². The van der Waals surface area contributed by atoms with Gasteiger partial charge in [0.25, 0.3) is 0 Å². The molecule has 0 saturated heterocycles. The van der Waals surface area contributed by atoms with E-state index in [1.807, 2.05) is 0 Å². The summed E-state index contributed by atoms with van der Waals surface area (Å²) in [6, 6.07) is 0. The summed E-state index contributed by atoms with van der Waals surface area (Å²) in [5, 5.41) is 0. The summed E-state index contributed by atoms with van der Waals surface area (Å²) >= 11 is 0. The lowest BCUT2D eigenvalue weighted by Crippen LogP contribution is -2.28. The minimum Gasteiger partial charge on any atom is -0.457 e. The van der Waals surface area contributed by atoms with Gasteiger partial charge in [-0.1, -0.05) is 199 Å². The molecule has 0 aliphatic rings. The monoisotopic (exact) mass is 842 g/mol. The van der Waals surface area contributed by atoms with Crippen molar-refractivity contribution in [2.75, 3.05) is 33.0 Å². The second-order valence-corrected chi connectivity index (χ2v) is 18.1. The predicted molar refractivity (Wildman–Crippen MR) is 247 cm³/mol. The Balaban J connectivity index is 3.88. The Kier molecular flexibility index (Phi) is 46.2. The predicted octanol–water partition coefficient (Wildman–Crippen LogP) is 15.2. The lowest BCUT2D eigenvalue weighted by atomic mass is 10.0. The highest BCUT2D eigenvalue weighted by Gasteiger charge is 2.25. The molecule has 0 aliphatic heterocycles. The first-order valence-electron chi connectivity index (χ1n) is 24.8. The molecule has 0 spiro atoms. The Labute approximate surface area is 359 Å². The fourth-order valence-electron chi connectivity index (χ4n) is 7.16. The number of carbonyl (C=O) groups is 1. The molecule has 0 bridgehead atoms. The van der Waals surface area contributed by atoms with E-state index in [1.165, 1.54) is 193 Å².